The van der Waals surface area contributed by atoms with Crippen LogP contribution >= 0.6 is 11.6 Å². The maximum atomic E-state index is 13.5. The van der Waals surface area contributed by atoms with Crippen molar-refractivity contribution < 1.29 is 18.7 Å². The number of benzene rings is 1. The highest BCUT2D eigenvalue weighted by molar-refractivity contribution is 6.31. The summed E-state index contributed by atoms with van der Waals surface area (Å²) >= 11 is 5.84. The number of aryl methyl sites for hydroxylation is 1. The highest BCUT2D eigenvalue weighted by atomic mass is 35.5. The summed E-state index contributed by atoms with van der Waals surface area (Å²) in [5.74, 6) is 0.135. The molecule has 2 atom stereocenters. The molecule has 184 valence electrons. The summed E-state index contributed by atoms with van der Waals surface area (Å²) in [6.07, 6.45) is 4.98. The molecule has 3 aromatic rings. The van der Waals surface area contributed by atoms with Gasteiger partial charge in [0.15, 0.2) is 0 Å². The number of aliphatic hydroxyl groups is 1. The lowest BCUT2D eigenvalue weighted by atomic mass is 9.92. The number of amides is 1. The highest BCUT2D eigenvalue weighted by Crippen LogP contribution is 2.54. The third kappa shape index (κ3) is 4.85. The summed E-state index contributed by atoms with van der Waals surface area (Å²) in [4.78, 5) is 24.7. The Bertz CT molecular complexity index is 1250. The molecule has 8 nitrogen and oxygen atoms in total. The van der Waals surface area contributed by atoms with Crippen LogP contribution in [-0.2, 0) is 7.05 Å². The largest absolute Gasteiger partial charge is 0.388 e. The monoisotopic (exact) mass is 502 g/mol. The molecule has 0 bridgehead atoms. The number of anilines is 2. The van der Waals surface area contributed by atoms with Crippen molar-refractivity contribution in [2.45, 2.75) is 37.2 Å². The second-order valence-corrected chi connectivity index (χ2v) is 9.97. The first-order valence-electron chi connectivity index (χ1n) is 11.4. The van der Waals surface area contributed by atoms with Gasteiger partial charge in [-0.05, 0) is 61.8 Å². The predicted octanol–water partition coefficient (Wildman–Crippen LogP) is 4.14. The second-order valence-electron chi connectivity index (χ2n) is 9.56. The van der Waals surface area contributed by atoms with Crippen LogP contribution < -0.4 is 10.6 Å². The van der Waals surface area contributed by atoms with Crippen LogP contribution in [0.25, 0.3) is 0 Å². The molecule has 5 rings (SSSR count). The van der Waals surface area contributed by atoms with E-state index in [9.17, 15) is 18.7 Å². The summed E-state index contributed by atoms with van der Waals surface area (Å²) < 4.78 is 28.4. The van der Waals surface area contributed by atoms with Crippen molar-refractivity contribution in [1.29, 1.82) is 0 Å². The number of hydrogen-bond acceptors (Lipinski definition) is 6. The molecule has 11 heteroatoms. The van der Waals surface area contributed by atoms with E-state index in [2.05, 4.69) is 25.6 Å². The van der Waals surface area contributed by atoms with Crippen molar-refractivity contribution in [3.63, 3.8) is 0 Å². The minimum Gasteiger partial charge on any atom is -0.388 e. The molecule has 0 saturated heterocycles. The fourth-order valence-electron chi connectivity index (χ4n) is 5.62. The van der Waals surface area contributed by atoms with Crippen LogP contribution in [-0.4, -0.2) is 42.7 Å². The maximum absolute atomic E-state index is 13.5. The topological polar surface area (TPSA) is 105 Å². The van der Waals surface area contributed by atoms with Gasteiger partial charge in [0.1, 0.15) is 17.3 Å². The standard InChI is InChI=1S/C24H25ClF2N6O2/c1-33-12-30-20(21(33)22(34)31-16-2-3-18(26)17(25)8-16)13-6-14-9-24(35,10-15(14)7-13)11-29-19-4-5-28-23(27)32-19/h2-5,8,12-15,35H,6-7,9-11H2,1H3,(H,31,34)(H,28,29,32). The first-order valence-corrected chi connectivity index (χ1v) is 11.8. The molecule has 2 fully saturated rings. The lowest BCUT2D eigenvalue weighted by Crippen LogP contribution is -2.35. The minimum atomic E-state index is -0.909. The fourth-order valence-corrected chi connectivity index (χ4v) is 5.80. The Morgan fingerprint density at radius 3 is 2.66 bits per heavy atom. The van der Waals surface area contributed by atoms with Gasteiger partial charge in [0.25, 0.3) is 5.91 Å². The number of aromatic nitrogens is 4. The van der Waals surface area contributed by atoms with Gasteiger partial charge in [0, 0.05) is 31.4 Å². The van der Waals surface area contributed by atoms with Crippen LogP contribution in [0.5, 0.6) is 0 Å². The zero-order chi connectivity index (χ0) is 24.7. The van der Waals surface area contributed by atoms with Crippen LogP contribution in [0, 0.1) is 23.7 Å². The van der Waals surface area contributed by atoms with E-state index >= 15 is 0 Å². The molecule has 2 saturated carbocycles. The van der Waals surface area contributed by atoms with Gasteiger partial charge in [-0.3, -0.25) is 4.79 Å². The third-order valence-corrected chi connectivity index (χ3v) is 7.38. The zero-order valence-electron chi connectivity index (χ0n) is 19.0. The Morgan fingerprint density at radius 1 is 1.23 bits per heavy atom. The van der Waals surface area contributed by atoms with E-state index in [0.717, 1.165) is 18.5 Å². The Labute approximate surface area is 205 Å². The van der Waals surface area contributed by atoms with Gasteiger partial charge in [-0.15, -0.1) is 0 Å². The molecule has 2 unspecified atom stereocenters. The van der Waals surface area contributed by atoms with E-state index in [1.165, 1.54) is 24.4 Å². The molecule has 0 spiro atoms. The van der Waals surface area contributed by atoms with Gasteiger partial charge in [-0.2, -0.15) is 9.37 Å². The number of carbonyl (C=O) groups is 1. The van der Waals surface area contributed by atoms with E-state index in [-0.39, 0.29) is 23.4 Å². The van der Waals surface area contributed by atoms with Crippen molar-refractivity contribution in [3.05, 3.63) is 65.1 Å². The van der Waals surface area contributed by atoms with Crippen molar-refractivity contribution in [3.8, 4) is 0 Å². The van der Waals surface area contributed by atoms with Crippen LogP contribution in [0.15, 0.2) is 36.8 Å². The molecule has 2 aliphatic rings. The van der Waals surface area contributed by atoms with Gasteiger partial charge in [0.05, 0.1) is 22.6 Å². The first kappa shape index (κ1) is 23.6. The summed E-state index contributed by atoms with van der Waals surface area (Å²) in [5, 5.41) is 16.8. The number of carbonyl (C=O) groups excluding carboxylic acids is 1. The van der Waals surface area contributed by atoms with Gasteiger partial charge in [-0.25, -0.2) is 14.4 Å². The number of hydrogen-bond donors (Lipinski definition) is 3. The number of nitrogens with zero attached hydrogens (tertiary/aromatic N) is 4. The summed E-state index contributed by atoms with van der Waals surface area (Å²) in [6, 6.07) is 5.60. The van der Waals surface area contributed by atoms with Crippen LogP contribution in [0.3, 0.4) is 0 Å². The Hall–Kier alpha value is -3.11. The van der Waals surface area contributed by atoms with Crippen LogP contribution in [0.4, 0.5) is 20.3 Å². The normalized spacial score (nSPS) is 25.5. The number of imidazole rings is 1. The molecular weight excluding hydrogens is 478 g/mol. The molecule has 2 heterocycles. The van der Waals surface area contributed by atoms with Crippen LogP contribution in [0.1, 0.15) is 47.8 Å². The van der Waals surface area contributed by atoms with Crippen molar-refractivity contribution in [2.75, 3.05) is 17.2 Å². The number of nitrogens with one attached hydrogen (secondary N) is 2. The first-order chi connectivity index (χ1) is 16.7. The van der Waals surface area contributed by atoms with Crippen molar-refractivity contribution in [1.82, 2.24) is 19.5 Å². The fraction of sp³-hybridized carbons (Fsp3) is 0.417. The van der Waals surface area contributed by atoms with E-state index in [1.807, 2.05) is 0 Å². The van der Waals surface area contributed by atoms with Crippen LogP contribution in [0.2, 0.25) is 5.02 Å². The molecule has 35 heavy (non-hydrogen) atoms. The molecule has 2 aliphatic carbocycles. The van der Waals surface area contributed by atoms with Crippen molar-refractivity contribution >= 4 is 29.0 Å². The number of halogens is 3. The summed E-state index contributed by atoms with van der Waals surface area (Å²) in [5.41, 5.74) is 0.676. The average molecular weight is 503 g/mol. The Balaban J connectivity index is 1.24. The average Bonchev–Trinajstić information content (AvgIpc) is 3.46. The molecule has 1 amide bonds. The van der Waals surface area contributed by atoms with E-state index in [4.69, 9.17) is 11.6 Å². The number of rotatable bonds is 6. The quantitative estimate of drug-likeness (QED) is 0.437. The third-order valence-electron chi connectivity index (χ3n) is 7.09. The van der Waals surface area contributed by atoms with Gasteiger partial charge in [-0.1, -0.05) is 11.6 Å². The SMILES string of the molecule is Cn1cnc(C2CC3CC(O)(CNc4ccnc(F)n4)CC3C2)c1C(=O)Nc1ccc(F)c(Cl)c1. The van der Waals surface area contributed by atoms with Crippen molar-refractivity contribution in [2.24, 2.45) is 18.9 Å². The lowest BCUT2D eigenvalue weighted by molar-refractivity contribution is 0.0514. The van der Waals surface area contributed by atoms with Gasteiger partial charge in [0.2, 0.25) is 0 Å². The highest BCUT2D eigenvalue weighted by Gasteiger charge is 2.49. The van der Waals surface area contributed by atoms with E-state index in [1.54, 1.807) is 24.0 Å². The Kier molecular flexibility index (Phi) is 6.18. The van der Waals surface area contributed by atoms with Gasteiger partial charge >= 0.3 is 6.08 Å². The molecule has 0 radical (unpaired) electrons. The summed E-state index contributed by atoms with van der Waals surface area (Å²) in [7, 11) is 1.76. The van der Waals surface area contributed by atoms with E-state index in [0.29, 0.717) is 41.9 Å². The Morgan fingerprint density at radius 2 is 1.97 bits per heavy atom. The predicted molar refractivity (Wildman–Crippen MR) is 126 cm³/mol. The maximum Gasteiger partial charge on any atom is 0.310 e. The minimum absolute atomic E-state index is 0.0662. The van der Waals surface area contributed by atoms with Gasteiger partial charge < -0.3 is 20.3 Å². The molecule has 2 aromatic heterocycles. The summed E-state index contributed by atoms with van der Waals surface area (Å²) in [6.45, 7) is 0.276. The number of fused-ring (bicyclic) bond motifs is 1. The molecule has 1 aromatic carbocycles. The molecule has 3 N–H and O–H groups in total. The van der Waals surface area contributed by atoms with E-state index < -0.39 is 17.5 Å². The smallest absolute Gasteiger partial charge is 0.310 e. The molecular formula is C24H25ClF2N6O2. The second kappa shape index (κ2) is 9.16. The molecule has 0 aliphatic heterocycles. The lowest BCUT2D eigenvalue weighted by Gasteiger charge is -2.25. The zero-order valence-corrected chi connectivity index (χ0v) is 19.8.